The van der Waals surface area contributed by atoms with Crippen LogP contribution in [0.2, 0.25) is 0 Å². The molecule has 0 radical (unpaired) electrons. The maximum atomic E-state index is 4.21. The molecule has 1 N–H and O–H groups in total. The maximum Gasteiger partial charge on any atom is 0.173 e. The van der Waals surface area contributed by atoms with Crippen molar-refractivity contribution in [2.75, 3.05) is 0 Å². The molecule has 3 aromatic rings. The van der Waals surface area contributed by atoms with E-state index in [4.69, 9.17) is 0 Å². The molecule has 0 aliphatic rings. The summed E-state index contributed by atoms with van der Waals surface area (Å²) in [5.41, 5.74) is 0.939. The van der Waals surface area contributed by atoms with Crippen LogP contribution >= 0.6 is 0 Å². The number of hydrogen-bond donors (Lipinski definition) is 1. The van der Waals surface area contributed by atoms with E-state index in [0.717, 1.165) is 29.7 Å². The first kappa shape index (κ1) is 15.3. The van der Waals surface area contributed by atoms with Gasteiger partial charge < -0.3 is 9.88 Å². The highest BCUT2D eigenvalue weighted by Gasteiger charge is 2.16. The van der Waals surface area contributed by atoms with Crippen LogP contribution in [0.3, 0.4) is 0 Å². The zero-order valence-electron chi connectivity index (χ0n) is 13.5. The Kier molecular flexibility index (Phi) is 4.42. The fraction of sp³-hybridized carbons (Fsp3) is 0.400. The molecule has 23 heavy (non-hydrogen) atoms. The van der Waals surface area contributed by atoms with Gasteiger partial charge >= 0.3 is 0 Å². The van der Waals surface area contributed by atoms with E-state index in [1.54, 1.807) is 4.68 Å². The molecule has 0 unspecified atom stereocenters. The van der Waals surface area contributed by atoms with E-state index in [-0.39, 0.29) is 6.04 Å². The maximum absolute atomic E-state index is 4.21. The minimum Gasteiger partial charge on any atom is -0.314 e. The van der Waals surface area contributed by atoms with Crippen LogP contribution in [0.1, 0.15) is 37.4 Å². The van der Waals surface area contributed by atoms with Crippen LogP contribution in [0.25, 0.3) is 5.69 Å². The van der Waals surface area contributed by atoms with Crippen molar-refractivity contribution in [1.29, 1.82) is 0 Å². The number of aryl methyl sites for hydroxylation is 1. The van der Waals surface area contributed by atoms with Gasteiger partial charge in [-0.25, -0.2) is 0 Å². The van der Waals surface area contributed by atoms with Crippen LogP contribution in [0.5, 0.6) is 0 Å². The van der Waals surface area contributed by atoms with Crippen LogP contribution in [0.4, 0.5) is 0 Å². The van der Waals surface area contributed by atoms with E-state index in [9.17, 15) is 0 Å². The van der Waals surface area contributed by atoms with E-state index in [2.05, 4.69) is 42.5 Å². The number of hydrogen-bond acceptors (Lipinski definition) is 6. The van der Waals surface area contributed by atoms with Crippen molar-refractivity contribution < 1.29 is 0 Å². The predicted molar refractivity (Wildman–Crippen MR) is 84.8 cm³/mol. The highest BCUT2D eigenvalue weighted by molar-refractivity contribution is 5.30. The van der Waals surface area contributed by atoms with Crippen molar-refractivity contribution in [3.05, 3.63) is 47.8 Å². The second-order valence-electron chi connectivity index (χ2n) is 5.29. The number of nitrogens with one attached hydrogen (secondary N) is 1. The lowest BCUT2D eigenvalue weighted by Gasteiger charge is -2.13. The van der Waals surface area contributed by atoms with E-state index in [1.165, 1.54) is 0 Å². The van der Waals surface area contributed by atoms with Crippen molar-refractivity contribution in [1.82, 2.24) is 40.3 Å². The molecule has 8 heteroatoms. The van der Waals surface area contributed by atoms with E-state index in [0.29, 0.717) is 6.54 Å². The van der Waals surface area contributed by atoms with Gasteiger partial charge in [0, 0.05) is 6.54 Å². The topological polar surface area (TPSA) is 86.3 Å². The number of tetrazole rings is 1. The fourth-order valence-electron chi connectivity index (χ4n) is 2.52. The average molecular weight is 312 g/mol. The van der Waals surface area contributed by atoms with Crippen LogP contribution < -0.4 is 5.32 Å². The van der Waals surface area contributed by atoms with Crippen molar-refractivity contribution in [2.45, 2.75) is 39.9 Å². The van der Waals surface area contributed by atoms with Gasteiger partial charge in [0.05, 0.1) is 18.3 Å². The summed E-state index contributed by atoms with van der Waals surface area (Å²) in [6, 6.07) is 9.83. The molecule has 0 amide bonds. The molecular weight excluding hydrogens is 292 g/mol. The summed E-state index contributed by atoms with van der Waals surface area (Å²) in [5, 5.41) is 23.8. The van der Waals surface area contributed by atoms with Gasteiger partial charge in [-0.2, -0.15) is 4.68 Å². The van der Waals surface area contributed by atoms with E-state index in [1.807, 2.05) is 44.2 Å². The SMILES string of the molecule is CCn1c(C)nnc1CN[C@@H](C)c1nnnn1-c1ccccc1. The van der Waals surface area contributed by atoms with Gasteiger partial charge in [-0.1, -0.05) is 18.2 Å². The van der Waals surface area contributed by atoms with Gasteiger partial charge in [-0.15, -0.1) is 15.3 Å². The van der Waals surface area contributed by atoms with Crippen molar-refractivity contribution >= 4 is 0 Å². The van der Waals surface area contributed by atoms with Crippen LogP contribution in [-0.4, -0.2) is 35.0 Å². The summed E-state index contributed by atoms with van der Waals surface area (Å²) in [5.74, 6) is 2.59. The first-order valence-corrected chi connectivity index (χ1v) is 7.66. The molecule has 2 heterocycles. The Morgan fingerprint density at radius 2 is 1.91 bits per heavy atom. The number of aromatic nitrogens is 7. The lowest BCUT2D eigenvalue weighted by atomic mass is 10.3. The van der Waals surface area contributed by atoms with Crippen LogP contribution in [-0.2, 0) is 13.1 Å². The Morgan fingerprint density at radius 1 is 1.13 bits per heavy atom. The summed E-state index contributed by atoms with van der Waals surface area (Å²) >= 11 is 0. The summed E-state index contributed by atoms with van der Waals surface area (Å²) in [6.45, 7) is 7.53. The Hall–Kier alpha value is -2.61. The Labute approximate surface area is 134 Å². The summed E-state index contributed by atoms with van der Waals surface area (Å²) < 4.78 is 3.83. The smallest absolute Gasteiger partial charge is 0.173 e. The molecule has 3 rings (SSSR count). The van der Waals surface area contributed by atoms with Gasteiger partial charge in [-0.05, 0) is 43.3 Å². The molecule has 1 aromatic carbocycles. The minimum absolute atomic E-state index is 0.0208. The number of rotatable bonds is 6. The van der Waals surface area contributed by atoms with Crippen molar-refractivity contribution in [3.8, 4) is 5.69 Å². The molecule has 0 aliphatic carbocycles. The largest absolute Gasteiger partial charge is 0.314 e. The zero-order valence-corrected chi connectivity index (χ0v) is 13.5. The van der Waals surface area contributed by atoms with Crippen molar-refractivity contribution in [3.63, 3.8) is 0 Å². The molecule has 0 saturated heterocycles. The number of benzene rings is 1. The molecular formula is C15H20N8. The second-order valence-corrected chi connectivity index (χ2v) is 5.29. The monoisotopic (exact) mass is 312 g/mol. The molecule has 8 nitrogen and oxygen atoms in total. The summed E-state index contributed by atoms with van der Waals surface area (Å²) in [7, 11) is 0. The highest BCUT2D eigenvalue weighted by Crippen LogP contribution is 2.14. The van der Waals surface area contributed by atoms with Gasteiger partial charge in [0.15, 0.2) is 5.82 Å². The number of nitrogens with zero attached hydrogens (tertiary/aromatic N) is 7. The first-order valence-electron chi connectivity index (χ1n) is 7.66. The Morgan fingerprint density at radius 3 is 2.65 bits per heavy atom. The van der Waals surface area contributed by atoms with Crippen LogP contribution in [0, 0.1) is 6.92 Å². The lowest BCUT2D eigenvalue weighted by Crippen LogP contribution is -2.23. The van der Waals surface area contributed by atoms with Gasteiger partial charge in [-0.3, -0.25) is 0 Å². The van der Waals surface area contributed by atoms with Crippen LogP contribution in [0.15, 0.2) is 30.3 Å². The molecule has 1 atom stereocenters. The molecule has 0 saturated carbocycles. The fourth-order valence-corrected chi connectivity index (χ4v) is 2.52. The zero-order chi connectivity index (χ0) is 16.2. The third-order valence-electron chi connectivity index (χ3n) is 3.78. The molecule has 0 spiro atoms. The standard InChI is InChI=1S/C15H20N8/c1-4-22-12(3)17-18-14(22)10-16-11(2)15-19-20-21-23(15)13-8-6-5-7-9-13/h5-9,11,16H,4,10H2,1-3H3/t11-/m0/s1. The normalized spacial score (nSPS) is 12.5. The molecule has 0 fully saturated rings. The van der Waals surface area contributed by atoms with Crippen molar-refractivity contribution in [2.24, 2.45) is 0 Å². The first-order chi connectivity index (χ1) is 11.2. The third kappa shape index (κ3) is 3.11. The van der Waals surface area contributed by atoms with Gasteiger partial charge in [0.2, 0.25) is 0 Å². The van der Waals surface area contributed by atoms with E-state index >= 15 is 0 Å². The van der Waals surface area contributed by atoms with Gasteiger partial charge in [0.25, 0.3) is 0 Å². The quantitative estimate of drug-likeness (QED) is 0.741. The molecule has 2 aromatic heterocycles. The highest BCUT2D eigenvalue weighted by atomic mass is 15.5. The minimum atomic E-state index is -0.0208. The summed E-state index contributed by atoms with van der Waals surface area (Å²) in [4.78, 5) is 0. The van der Waals surface area contributed by atoms with Gasteiger partial charge in [0.1, 0.15) is 11.6 Å². The summed E-state index contributed by atoms with van der Waals surface area (Å²) in [6.07, 6.45) is 0. The molecule has 120 valence electrons. The average Bonchev–Trinajstić information content (AvgIpc) is 3.20. The Bertz CT molecular complexity index is 761. The molecule has 0 bridgehead atoms. The molecule has 0 aliphatic heterocycles. The lowest BCUT2D eigenvalue weighted by molar-refractivity contribution is 0.507. The second kappa shape index (κ2) is 6.66. The van der Waals surface area contributed by atoms with E-state index < -0.39 is 0 Å². The number of para-hydroxylation sites is 1. The third-order valence-corrected chi connectivity index (χ3v) is 3.78. The Balaban J connectivity index is 1.74. The predicted octanol–water partition coefficient (Wildman–Crippen LogP) is 1.43.